The van der Waals surface area contributed by atoms with Gasteiger partial charge in [0.25, 0.3) is 11.6 Å². The summed E-state index contributed by atoms with van der Waals surface area (Å²) in [5.74, 6) is 5.28. The van der Waals surface area contributed by atoms with E-state index in [0.717, 1.165) is 11.8 Å². The number of nitrogens with zero attached hydrogens (tertiary/aromatic N) is 3. The first kappa shape index (κ1) is 14.5. The monoisotopic (exact) mass is 290 g/mol. The van der Waals surface area contributed by atoms with Crippen molar-refractivity contribution in [1.29, 1.82) is 0 Å². The molecule has 0 fully saturated rings. The molecular weight excluding hydrogens is 276 g/mol. The van der Waals surface area contributed by atoms with Crippen molar-refractivity contribution in [2.24, 2.45) is 12.9 Å². The Kier molecular flexibility index (Phi) is 3.85. The first-order valence-electron chi connectivity index (χ1n) is 5.99. The third-order valence-electron chi connectivity index (χ3n) is 2.86. The van der Waals surface area contributed by atoms with E-state index in [1.807, 2.05) is 0 Å². The number of aryl methyl sites for hydroxylation is 2. The highest BCUT2D eigenvalue weighted by atomic mass is 16.6. The number of nitrogens with two attached hydrogens (primary N) is 1. The number of non-ortho nitro benzene ring substituents is 1. The Bertz CT molecular complexity index is 709. The number of amides is 1. The van der Waals surface area contributed by atoms with E-state index in [2.05, 4.69) is 15.8 Å². The number of rotatable bonds is 4. The zero-order chi connectivity index (χ0) is 15.6. The van der Waals surface area contributed by atoms with E-state index in [-0.39, 0.29) is 16.9 Å². The van der Waals surface area contributed by atoms with Gasteiger partial charge >= 0.3 is 0 Å². The maximum absolute atomic E-state index is 12.3. The van der Waals surface area contributed by atoms with Gasteiger partial charge in [-0.1, -0.05) is 0 Å². The molecule has 0 spiro atoms. The van der Waals surface area contributed by atoms with Gasteiger partial charge in [-0.15, -0.1) is 0 Å². The van der Waals surface area contributed by atoms with Crippen molar-refractivity contribution in [2.75, 3.05) is 10.7 Å². The van der Waals surface area contributed by atoms with E-state index in [4.69, 9.17) is 5.84 Å². The van der Waals surface area contributed by atoms with Crippen LogP contribution in [0.15, 0.2) is 24.3 Å². The van der Waals surface area contributed by atoms with E-state index in [9.17, 15) is 14.9 Å². The van der Waals surface area contributed by atoms with Gasteiger partial charge in [0.2, 0.25) is 0 Å². The highest BCUT2D eigenvalue weighted by Crippen LogP contribution is 2.22. The summed E-state index contributed by atoms with van der Waals surface area (Å²) in [4.78, 5) is 22.5. The minimum atomic E-state index is -0.578. The maximum atomic E-state index is 12.3. The molecule has 2 aromatic rings. The number of hydrazine groups is 1. The molecule has 1 heterocycles. The van der Waals surface area contributed by atoms with Gasteiger partial charge in [0, 0.05) is 25.2 Å². The fourth-order valence-electron chi connectivity index (χ4n) is 1.87. The van der Waals surface area contributed by atoms with E-state index < -0.39 is 10.8 Å². The molecule has 4 N–H and O–H groups in total. The highest BCUT2D eigenvalue weighted by molar-refractivity contribution is 6.08. The number of carbonyl (C=O) groups excluding carboxylic acids is 1. The van der Waals surface area contributed by atoms with E-state index in [1.165, 1.54) is 16.8 Å². The first-order chi connectivity index (χ1) is 9.92. The molecule has 0 radical (unpaired) electrons. The fraction of sp³-hybridized carbons (Fsp3) is 0.167. The van der Waals surface area contributed by atoms with Crippen molar-refractivity contribution in [2.45, 2.75) is 6.92 Å². The van der Waals surface area contributed by atoms with Gasteiger partial charge in [-0.3, -0.25) is 25.4 Å². The number of carbonyl (C=O) groups is 1. The molecule has 0 atom stereocenters. The predicted octanol–water partition coefficient (Wildman–Crippen LogP) is 1.17. The van der Waals surface area contributed by atoms with Gasteiger partial charge in [-0.25, -0.2) is 0 Å². The Balaban J connectivity index is 2.35. The molecule has 0 aliphatic rings. The van der Waals surface area contributed by atoms with Crippen LogP contribution >= 0.6 is 0 Å². The summed E-state index contributed by atoms with van der Waals surface area (Å²) in [6, 6.07) is 5.49. The average molecular weight is 290 g/mol. The predicted molar refractivity (Wildman–Crippen MR) is 76.8 cm³/mol. The van der Waals surface area contributed by atoms with Gasteiger partial charge in [-0.05, 0) is 13.0 Å². The lowest BCUT2D eigenvalue weighted by atomic mass is 10.1. The molecule has 9 nitrogen and oxygen atoms in total. The Morgan fingerprint density at radius 1 is 1.43 bits per heavy atom. The van der Waals surface area contributed by atoms with Gasteiger partial charge in [0.05, 0.1) is 21.9 Å². The zero-order valence-corrected chi connectivity index (χ0v) is 11.5. The zero-order valence-electron chi connectivity index (χ0n) is 11.5. The van der Waals surface area contributed by atoms with Crippen LogP contribution in [0.25, 0.3) is 0 Å². The summed E-state index contributed by atoms with van der Waals surface area (Å²) >= 11 is 0. The van der Waals surface area contributed by atoms with Crippen LogP contribution in [0.2, 0.25) is 0 Å². The average Bonchev–Trinajstić information content (AvgIpc) is 2.75. The van der Waals surface area contributed by atoms with Crippen LogP contribution in [0.4, 0.5) is 17.2 Å². The molecule has 9 heteroatoms. The number of benzene rings is 1. The van der Waals surface area contributed by atoms with E-state index >= 15 is 0 Å². The second-order valence-electron chi connectivity index (χ2n) is 4.38. The van der Waals surface area contributed by atoms with Crippen molar-refractivity contribution < 1.29 is 9.72 Å². The Hall–Kier alpha value is -2.94. The lowest BCUT2D eigenvalue weighted by Gasteiger charge is -2.09. The van der Waals surface area contributed by atoms with Crippen LogP contribution < -0.4 is 16.6 Å². The summed E-state index contributed by atoms with van der Waals surface area (Å²) < 4.78 is 1.50. The highest BCUT2D eigenvalue weighted by Gasteiger charge is 2.17. The number of hydrogen-bond acceptors (Lipinski definition) is 6. The van der Waals surface area contributed by atoms with Gasteiger partial charge in [0.1, 0.15) is 5.82 Å². The number of anilines is 2. The summed E-state index contributed by atoms with van der Waals surface area (Å²) in [6.07, 6.45) is 0. The minimum absolute atomic E-state index is 0.0746. The third-order valence-corrected chi connectivity index (χ3v) is 2.86. The standard InChI is InChI=1S/C12H14N6O3/c1-7-5-11(17(2)16-7)14-12(19)9-6-8(18(20)21)3-4-10(9)15-13/h3-6,15H,13H2,1-2H3,(H,14,19). The molecule has 1 aromatic carbocycles. The number of nitro benzene ring substituents is 1. The molecule has 2 rings (SSSR count). The van der Waals surface area contributed by atoms with Crippen LogP contribution in [-0.2, 0) is 7.05 Å². The molecule has 110 valence electrons. The van der Waals surface area contributed by atoms with Crippen molar-refractivity contribution in [3.05, 3.63) is 45.6 Å². The number of nitrogen functional groups attached to an aromatic ring is 1. The topological polar surface area (TPSA) is 128 Å². The Morgan fingerprint density at radius 2 is 2.14 bits per heavy atom. The molecule has 0 unspecified atom stereocenters. The molecule has 0 aliphatic carbocycles. The van der Waals surface area contributed by atoms with Crippen LogP contribution in [-0.4, -0.2) is 20.6 Å². The number of nitrogens with one attached hydrogen (secondary N) is 2. The molecule has 1 aromatic heterocycles. The molecule has 0 aliphatic heterocycles. The third kappa shape index (κ3) is 2.98. The van der Waals surface area contributed by atoms with Crippen molar-refractivity contribution in [3.8, 4) is 0 Å². The first-order valence-corrected chi connectivity index (χ1v) is 5.99. The minimum Gasteiger partial charge on any atom is -0.323 e. The summed E-state index contributed by atoms with van der Waals surface area (Å²) in [7, 11) is 1.68. The van der Waals surface area contributed by atoms with Crippen molar-refractivity contribution in [1.82, 2.24) is 9.78 Å². The lowest BCUT2D eigenvalue weighted by molar-refractivity contribution is -0.384. The normalized spacial score (nSPS) is 10.2. The van der Waals surface area contributed by atoms with Gasteiger partial charge in [-0.2, -0.15) is 5.10 Å². The quantitative estimate of drug-likeness (QED) is 0.440. The van der Waals surface area contributed by atoms with Crippen LogP contribution in [0.1, 0.15) is 16.1 Å². The van der Waals surface area contributed by atoms with Crippen LogP contribution in [0, 0.1) is 17.0 Å². The summed E-state index contributed by atoms with van der Waals surface area (Å²) in [5, 5.41) is 17.5. The van der Waals surface area contributed by atoms with Crippen molar-refractivity contribution >= 4 is 23.1 Å². The Labute approximate surface area is 119 Å². The summed E-state index contributed by atoms with van der Waals surface area (Å²) in [5.41, 5.74) is 3.25. The molecule has 1 amide bonds. The largest absolute Gasteiger partial charge is 0.323 e. The number of nitro groups is 1. The fourth-order valence-corrected chi connectivity index (χ4v) is 1.87. The van der Waals surface area contributed by atoms with Crippen LogP contribution in [0.3, 0.4) is 0 Å². The Morgan fingerprint density at radius 3 is 2.67 bits per heavy atom. The van der Waals surface area contributed by atoms with E-state index in [1.54, 1.807) is 20.0 Å². The molecule has 0 saturated carbocycles. The number of aromatic nitrogens is 2. The molecule has 0 bridgehead atoms. The SMILES string of the molecule is Cc1cc(NC(=O)c2cc([N+](=O)[O-])ccc2NN)n(C)n1. The maximum Gasteiger partial charge on any atom is 0.270 e. The van der Waals surface area contributed by atoms with Crippen LogP contribution in [0.5, 0.6) is 0 Å². The van der Waals surface area contributed by atoms with Crippen molar-refractivity contribution in [3.63, 3.8) is 0 Å². The smallest absolute Gasteiger partial charge is 0.270 e. The van der Waals surface area contributed by atoms with Gasteiger partial charge < -0.3 is 10.7 Å². The molecule has 0 saturated heterocycles. The number of hydrogen-bond donors (Lipinski definition) is 3. The van der Waals surface area contributed by atoms with Gasteiger partial charge in [0.15, 0.2) is 0 Å². The molecule has 21 heavy (non-hydrogen) atoms. The second kappa shape index (κ2) is 5.59. The second-order valence-corrected chi connectivity index (χ2v) is 4.38. The van der Waals surface area contributed by atoms with E-state index in [0.29, 0.717) is 5.82 Å². The lowest BCUT2D eigenvalue weighted by Crippen LogP contribution is -2.18. The molecular formula is C12H14N6O3. The summed E-state index contributed by atoms with van der Waals surface area (Å²) in [6.45, 7) is 1.79.